The zero-order valence-electron chi connectivity index (χ0n) is 16.1. The highest BCUT2D eigenvalue weighted by Crippen LogP contribution is 2.43. The van der Waals surface area contributed by atoms with E-state index in [0.717, 1.165) is 0 Å². The summed E-state index contributed by atoms with van der Waals surface area (Å²) < 4.78 is 5.20. The molecule has 1 saturated heterocycles. The summed E-state index contributed by atoms with van der Waals surface area (Å²) in [6.45, 7) is 0. The topological polar surface area (TPSA) is 87.1 Å². The number of nitrogens with zero attached hydrogens (tertiary/aromatic N) is 1. The van der Waals surface area contributed by atoms with Crippen LogP contribution in [0.3, 0.4) is 0 Å². The highest BCUT2D eigenvalue weighted by Gasteiger charge is 2.47. The second kappa shape index (κ2) is 7.75. The number of hydrogen-bond donors (Lipinski definition) is 2. The summed E-state index contributed by atoms with van der Waals surface area (Å²) in [6.07, 6.45) is 0. The summed E-state index contributed by atoms with van der Waals surface area (Å²) in [4.78, 5) is 27.4. The average molecular weight is 401 g/mol. The molecule has 6 heteroatoms. The van der Waals surface area contributed by atoms with Crippen molar-refractivity contribution in [2.24, 2.45) is 0 Å². The van der Waals surface area contributed by atoms with Gasteiger partial charge in [-0.25, -0.2) is 0 Å². The first-order valence-electron chi connectivity index (χ1n) is 9.31. The first kappa shape index (κ1) is 19.3. The second-order valence-corrected chi connectivity index (χ2v) is 6.80. The Bertz CT molecular complexity index is 1140. The SMILES string of the molecule is COc1cc(C2/C(=C(/O)c3ccccc3)C(=O)C(=O)N2c2ccccc2)ccc1O. The molecule has 1 fully saturated rings. The van der Waals surface area contributed by atoms with Crippen LogP contribution in [0.15, 0.2) is 84.4 Å². The molecule has 1 unspecified atom stereocenters. The number of aliphatic hydroxyl groups is 1. The summed E-state index contributed by atoms with van der Waals surface area (Å²) in [5.74, 6) is -1.65. The Morgan fingerprint density at radius 3 is 2.20 bits per heavy atom. The van der Waals surface area contributed by atoms with Gasteiger partial charge in [0.05, 0.1) is 18.7 Å². The molecule has 1 heterocycles. The van der Waals surface area contributed by atoms with E-state index in [4.69, 9.17) is 4.74 Å². The van der Waals surface area contributed by atoms with Crippen LogP contribution in [0.4, 0.5) is 5.69 Å². The zero-order chi connectivity index (χ0) is 21.3. The summed E-state index contributed by atoms with van der Waals surface area (Å²) in [5.41, 5.74) is 1.44. The highest BCUT2D eigenvalue weighted by atomic mass is 16.5. The number of rotatable bonds is 4. The number of aliphatic hydroxyl groups excluding tert-OH is 1. The lowest BCUT2D eigenvalue weighted by Crippen LogP contribution is -2.29. The molecular weight excluding hydrogens is 382 g/mol. The minimum Gasteiger partial charge on any atom is -0.507 e. The fraction of sp³-hybridized carbons (Fsp3) is 0.0833. The molecule has 6 nitrogen and oxygen atoms in total. The van der Waals surface area contributed by atoms with E-state index in [1.165, 1.54) is 18.1 Å². The van der Waals surface area contributed by atoms with Crippen LogP contribution in [0.2, 0.25) is 0 Å². The normalized spacial score (nSPS) is 17.9. The number of aromatic hydroxyl groups is 1. The van der Waals surface area contributed by atoms with Gasteiger partial charge in [-0.1, -0.05) is 54.6 Å². The fourth-order valence-corrected chi connectivity index (χ4v) is 3.62. The van der Waals surface area contributed by atoms with E-state index in [1.54, 1.807) is 66.7 Å². The molecule has 0 aromatic heterocycles. The maximum atomic E-state index is 13.0. The van der Waals surface area contributed by atoms with Crippen molar-refractivity contribution in [1.82, 2.24) is 0 Å². The molecule has 2 N–H and O–H groups in total. The van der Waals surface area contributed by atoms with Gasteiger partial charge < -0.3 is 14.9 Å². The summed E-state index contributed by atoms with van der Waals surface area (Å²) in [6, 6.07) is 21.1. The number of carbonyl (C=O) groups is 2. The Hall–Kier alpha value is -4.06. The number of phenols is 1. The molecule has 0 saturated carbocycles. The molecule has 0 bridgehead atoms. The first-order chi connectivity index (χ1) is 14.5. The van der Waals surface area contributed by atoms with Gasteiger partial charge in [-0.15, -0.1) is 0 Å². The van der Waals surface area contributed by atoms with E-state index in [1.807, 2.05) is 6.07 Å². The molecule has 1 aliphatic rings. The van der Waals surface area contributed by atoms with Crippen molar-refractivity contribution >= 4 is 23.1 Å². The van der Waals surface area contributed by atoms with Crippen LogP contribution in [0.5, 0.6) is 11.5 Å². The van der Waals surface area contributed by atoms with E-state index in [-0.39, 0.29) is 22.8 Å². The number of ether oxygens (including phenoxy) is 1. The quantitative estimate of drug-likeness (QED) is 0.392. The van der Waals surface area contributed by atoms with Crippen molar-refractivity contribution in [2.75, 3.05) is 12.0 Å². The predicted octanol–water partition coefficient (Wildman–Crippen LogP) is 4.03. The molecule has 0 spiro atoms. The highest BCUT2D eigenvalue weighted by molar-refractivity contribution is 6.51. The van der Waals surface area contributed by atoms with Gasteiger partial charge in [0.15, 0.2) is 11.5 Å². The van der Waals surface area contributed by atoms with E-state index >= 15 is 0 Å². The van der Waals surface area contributed by atoms with Crippen molar-refractivity contribution in [1.29, 1.82) is 0 Å². The number of anilines is 1. The van der Waals surface area contributed by atoms with Gasteiger partial charge in [0, 0.05) is 11.3 Å². The largest absolute Gasteiger partial charge is 0.507 e. The molecular formula is C24H19NO5. The molecule has 4 rings (SSSR count). The van der Waals surface area contributed by atoms with E-state index < -0.39 is 17.7 Å². The van der Waals surface area contributed by atoms with Crippen LogP contribution < -0.4 is 9.64 Å². The Morgan fingerprint density at radius 2 is 1.57 bits per heavy atom. The lowest BCUT2D eigenvalue weighted by atomic mass is 9.95. The summed E-state index contributed by atoms with van der Waals surface area (Å²) in [7, 11) is 1.41. The Morgan fingerprint density at radius 1 is 0.933 bits per heavy atom. The molecule has 30 heavy (non-hydrogen) atoms. The molecule has 1 amide bonds. The smallest absolute Gasteiger partial charge is 0.300 e. The maximum Gasteiger partial charge on any atom is 0.300 e. The third-order valence-electron chi connectivity index (χ3n) is 5.05. The zero-order valence-corrected chi connectivity index (χ0v) is 16.1. The minimum absolute atomic E-state index is 0.0252. The molecule has 1 atom stereocenters. The monoisotopic (exact) mass is 401 g/mol. The fourth-order valence-electron chi connectivity index (χ4n) is 3.62. The molecule has 1 aliphatic heterocycles. The predicted molar refractivity (Wildman–Crippen MR) is 112 cm³/mol. The van der Waals surface area contributed by atoms with Gasteiger partial charge in [0.1, 0.15) is 5.76 Å². The molecule has 150 valence electrons. The van der Waals surface area contributed by atoms with E-state index in [2.05, 4.69) is 0 Å². The van der Waals surface area contributed by atoms with Crippen molar-refractivity contribution in [2.45, 2.75) is 6.04 Å². The number of benzene rings is 3. The molecule has 3 aromatic rings. The van der Waals surface area contributed by atoms with Crippen LogP contribution in [0.25, 0.3) is 5.76 Å². The van der Waals surface area contributed by atoms with Crippen LogP contribution in [-0.4, -0.2) is 29.0 Å². The van der Waals surface area contributed by atoms with Crippen molar-refractivity contribution in [3.63, 3.8) is 0 Å². The molecule has 0 aliphatic carbocycles. The number of phenolic OH excluding ortho intramolecular Hbond substituents is 1. The van der Waals surface area contributed by atoms with Gasteiger partial charge in [-0.05, 0) is 29.8 Å². The Balaban J connectivity index is 1.97. The van der Waals surface area contributed by atoms with Gasteiger partial charge in [0.25, 0.3) is 11.7 Å². The van der Waals surface area contributed by atoms with Gasteiger partial charge in [0.2, 0.25) is 0 Å². The lowest BCUT2D eigenvalue weighted by Gasteiger charge is -2.25. The van der Waals surface area contributed by atoms with Crippen LogP contribution in [-0.2, 0) is 9.59 Å². The minimum atomic E-state index is -0.887. The van der Waals surface area contributed by atoms with Crippen LogP contribution in [0, 0.1) is 0 Å². The van der Waals surface area contributed by atoms with Crippen molar-refractivity contribution in [3.05, 3.63) is 95.6 Å². The number of methoxy groups -OCH3 is 1. The number of Topliss-reactive ketones (excluding diaryl/α,β-unsaturated/α-hetero) is 1. The van der Waals surface area contributed by atoms with Crippen LogP contribution >= 0.6 is 0 Å². The number of hydrogen-bond acceptors (Lipinski definition) is 5. The molecule has 0 radical (unpaired) electrons. The maximum absolute atomic E-state index is 13.0. The van der Waals surface area contributed by atoms with Gasteiger partial charge in [-0.3, -0.25) is 14.5 Å². The second-order valence-electron chi connectivity index (χ2n) is 6.80. The van der Waals surface area contributed by atoms with Crippen LogP contribution in [0.1, 0.15) is 17.2 Å². The summed E-state index contributed by atoms with van der Waals surface area (Å²) >= 11 is 0. The lowest BCUT2D eigenvalue weighted by molar-refractivity contribution is -0.132. The van der Waals surface area contributed by atoms with Gasteiger partial charge in [-0.2, -0.15) is 0 Å². The third kappa shape index (κ3) is 3.18. The third-order valence-corrected chi connectivity index (χ3v) is 5.05. The standard InChI is InChI=1S/C24H19NO5/c1-30-19-14-16(12-13-18(19)26)21-20(22(27)15-8-4-2-5-9-15)23(28)24(29)25(21)17-10-6-3-7-11-17/h2-14,21,26-27H,1H3/b22-20-. The van der Waals surface area contributed by atoms with Crippen molar-refractivity contribution in [3.8, 4) is 11.5 Å². The van der Waals surface area contributed by atoms with Gasteiger partial charge >= 0.3 is 0 Å². The first-order valence-corrected chi connectivity index (χ1v) is 9.31. The number of ketones is 1. The average Bonchev–Trinajstić information content (AvgIpc) is 3.05. The number of carbonyl (C=O) groups excluding carboxylic acids is 2. The van der Waals surface area contributed by atoms with E-state index in [9.17, 15) is 19.8 Å². The molecule has 3 aromatic carbocycles. The number of para-hydroxylation sites is 1. The number of amides is 1. The van der Waals surface area contributed by atoms with Crippen molar-refractivity contribution < 1.29 is 24.5 Å². The summed E-state index contributed by atoms with van der Waals surface area (Å²) in [5, 5.41) is 21.0. The Kier molecular flexibility index (Phi) is 4.98. The van der Waals surface area contributed by atoms with E-state index in [0.29, 0.717) is 16.8 Å². The Labute approximate surface area is 173 Å².